The van der Waals surface area contributed by atoms with Gasteiger partial charge in [0, 0.05) is 11.1 Å². The zero-order chi connectivity index (χ0) is 13.4. The number of carbonyl (C=O) groups excluding carboxylic acids is 1. The zero-order valence-electron chi connectivity index (χ0n) is 11.6. The molecule has 1 aromatic rings. The lowest BCUT2D eigenvalue weighted by Gasteiger charge is -2.19. The Morgan fingerprint density at radius 2 is 1.68 bits per heavy atom. The third-order valence-electron chi connectivity index (χ3n) is 4.98. The number of anilines is 3. The van der Waals surface area contributed by atoms with Crippen molar-refractivity contribution in [3.8, 4) is 0 Å². The fraction of sp³-hybridized carbons (Fsp3) is 0.533. The second kappa shape index (κ2) is 3.06. The van der Waals surface area contributed by atoms with Crippen molar-refractivity contribution in [1.82, 2.24) is 0 Å². The molecule has 0 spiro atoms. The fourth-order valence-electron chi connectivity index (χ4n) is 3.04. The highest BCUT2D eigenvalue weighted by molar-refractivity contribution is 6.07. The summed E-state index contributed by atoms with van der Waals surface area (Å²) in [5, 5.41) is 10.1. The molecule has 1 fully saturated rings. The number of fused-ring (bicyclic) bond motifs is 2. The lowest BCUT2D eigenvalue weighted by atomic mass is 9.86. The Hall–Kier alpha value is -1.71. The number of carbonyl (C=O) groups is 1. The predicted molar refractivity (Wildman–Crippen MR) is 76.5 cm³/mol. The molecule has 100 valence electrons. The molecular formula is C15H19N3O. The first-order valence-corrected chi connectivity index (χ1v) is 6.93. The van der Waals surface area contributed by atoms with Gasteiger partial charge in [0.25, 0.3) is 0 Å². The number of hydrogen-bond acceptors (Lipinski definition) is 3. The second-order valence-electron chi connectivity index (χ2n) is 6.90. The van der Waals surface area contributed by atoms with Crippen LogP contribution in [0.4, 0.5) is 17.1 Å². The monoisotopic (exact) mass is 257 g/mol. The molecule has 0 radical (unpaired) electrons. The van der Waals surface area contributed by atoms with Crippen LogP contribution >= 0.6 is 0 Å². The van der Waals surface area contributed by atoms with Crippen LogP contribution in [-0.2, 0) is 10.2 Å². The fourth-order valence-corrected chi connectivity index (χ4v) is 3.04. The number of rotatable bonds is 1. The van der Waals surface area contributed by atoms with E-state index in [1.54, 1.807) is 0 Å². The number of amides is 1. The molecule has 1 unspecified atom stereocenters. The molecule has 3 aliphatic rings. The minimum atomic E-state index is -0.437. The third-order valence-corrected chi connectivity index (χ3v) is 4.98. The summed E-state index contributed by atoms with van der Waals surface area (Å²) < 4.78 is 0. The quantitative estimate of drug-likeness (QED) is 0.725. The average Bonchev–Trinajstić information content (AvgIpc) is 2.89. The highest BCUT2D eigenvalue weighted by atomic mass is 16.2. The van der Waals surface area contributed by atoms with Gasteiger partial charge in [0.2, 0.25) is 5.91 Å². The standard InChI is InChI=1S/C15H19N3O/c1-14(2)8-6-10-11(7-9(8)18-13(14)19)17-12(16-10)15(3)4-5-15/h6-7,12,16-17H,4-5H2,1-3H3,(H,18,19). The van der Waals surface area contributed by atoms with Gasteiger partial charge in [-0.05, 0) is 44.4 Å². The van der Waals surface area contributed by atoms with Gasteiger partial charge in [-0.25, -0.2) is 0 Å². The molecule has 1 aromatic carbocycles. The number of nitrogens with one attached hydrogen (secondary N) is 3. The Morgan fingerprint density at radius 1 is 1.05 bits per heavy atom. The summed E-state index contributed by atoms with van der Waals surface area (Å²) in [6.45, 7) is 6.26. The Labute approximate surface area is 113 Å². The summed E-state index contributed by atoms with van der Waals surface area (Å²) in [6.07, 6.45) is 2.87. The van der Waals surface area contributed by atoms with Crippen LogP contribution in [0.3, 0.4) is 0 Å². The molecule has 19 heavy (non-hydrogen) atoms. The van der Waals surface area contributed by atoms with Crippen LogP contribution in [0.1, 0.15) is 39.2 Å². The maximum absolute atomic E-state index is 12.0. The van der Waals surface area contributed by atoms with Gasteiger partial charge in [-0.1, -0.05) is 6.92 Å². The minimum absolute atomic E-state index is 0.0804. The van der Waals surface area contributed by atoms with Crippen LogP contribution in [0.25, 0.3) is 0 Å². The number of benzene rings is 1. The molecule has 0 saturated heterocycles. The van der Waals surface area contributed by atoms with Crippen LogP contribution in [0.5, 0.6) is 0 Å². The molecule has 1 saturated carbocycles. The SMILES string of the molecule is CC1(C)C(=O)Nc2cc3c(cc21)NC(C1(C)CC1)N3. The third kappa shape index (κ3) is 1.37. The molecule has 3 N–H and O–H groups in total. The summed E-state index contributed by atoms with van der Waals surface area (Å²) in [5.41, 5.74) is 4.21. The van der Waals surface area contributed by atoms with Crippen LogP contribution in [0.2, 0.25) is 0 Å². The molecule has 0 aromatic heterocycles. The smallest absolute Gasteiger partial charge is 0.234 e. The van der Waals surface area contributed by atoms with Crippen molar-refractivity contribution < 1.29 is 4.79 Å². The molecular weight excluding hydrogens is 238 g/mol. The van der Waals surface area contributed by atoms with E-state index in [0.29, 0.717) is 11.6 Å². The van der Waals surface area contributed by atoms with E-state index >= 15 is 0 Å². The normalized spacial score (nSPS) is 27.9. The van der Waals surface area contributed by atoms with Crippen molar-refractivity contribution in [3.63, 3.8) is 0 Å². The van der Waals surface area contributed by atoms with Crippen LogP contribution < -0.4 is 16.0 Å². The van der Waals surface area contributed by atoms with E-state index in [1.807, 2.05) is 13.8 Å². The van der Waals surface area contributed by atoms with Gasteiger partial charge in [0.05, 0.1) is 16.8 Å². The van der Waals surface area contributed by atoms with Gasteiger partial charge in [0.15, 0.2) is 0 Å². The average molecular weight is 257 g/mol. The molecule has 4 heteroatoms. The van der Waals surface area contributed by atoms with Gasteiger partial charge in [-0.3, -0.25) is 4.79 Å². The van der Waals surface area contributed by atoms with Crippen molar-refractivity contribution in [1.29, 1.82) is 0 Å². The van der Waals surface area contributed by atoms with Gasteiger partial charge in [-0.2, -0.15) is 0 Å². The Morgan fingerprint density at radius 3 is 2.32 bits per heavy atom. The van der Waals surface area contributed by atoms with Crippen molar-refractivity contribution in [2.75, 3.05) is 16.0 Å². The number of hydrogen-bond donors (Lipinski definition) is 3. The van der Waals surface area contributed by atoms with Crippen molar-refractivity contribution in [2.24, 2.45) is 5.41 Å². The van der Waals surface area contributed by atoms with Crippen molar-refractivity contribution >= 4 is 23.0 Å². The summed E-state index contributed by atoms with van der Waals surface area (Å²) in [5.74, 6) is 0.0804. The molecule has 1 aliphatic carbocycles. The summed E-state index contributed by atoms with van der Waals surface area (Å²) in [7, 11) is 0. The molecule has 2 aliphatic heterocycles. The highest BCUT2D eigenvalue weighted by Crippen LogP contribution is 2.53. The van der Waals surface area contributed by atoms with E-state index in [1.165, 1.54) is 12.8 Å². The highest BCUT2D eigenvalue weighted by Gasteiger charge is 2.48. The lowest BCUT2D eigenvalue weighted by molar-refractivity contribution is -0.119. The Kier molecular flexibility index (Phi) is 1.79. The van der Waals surface area contributed by atoms with Gasteiger partial charge >= 0.3 is 0 Å². The molecule has 1 atom stereocenters. The van der Waals surface area contributed by atoms with E-state index < -0.39 is 5.41 Å². The zero-order valence-corrected chi connectivity index (χ0v) is 11.6. The van der Waals surface area contributed by atoms with E-state index in [0.717, 1.165) is 22.6 Å². The topological polar surface area (TPSA) is 53.2 Å². The molecule has 4 rings (SSSR count). The van der Waals surface area contributed by atoms with E-state index in [-0.39, 0.29) is 5.91 Å². The first kappa shape index (κ1) is 11.1. The van der Waals surface area contributed by atoms with Crippen molar-refractivity contribution in [2.45, 2.75) is 45.2 Å². The predicted octanol–water partition coefficient (Wildman–Crippen LogP) is 2.88. The van der Waals surface area contributed by atoms with Gasteiger partial charge < -0.3 is 16.0 Å². The summed E-state index contributed by atoms with van der Waals surface area (Å²) in [4.78, 5) is 12.0. The maximum atomic E-state index is 12.0. The van der Waals surface area contributed by atoms with E-state index in [4.69, 9.17) is 0 Å². The largest absolute Gasteiger partial charge is 0.363 e. The van der Waals surface area contributed by atoms with E-state index in [9.17, 15) is 4.79 Å². The van der Waals surface area contributed by atoms with Crippen LogP contribution in [-0.4, -0.2) is 12.1 Å². The first-order valence-electron chi connectivity index (χ1n) is 6.93. The van der Waals surface area contributed by atoms with Crippen LogP contribution in [0, 0.1) is 5.41 Å². The lowest BCUT2D eigenvalue weighted by Crippen LogP contribution is -2.31. The minimum Gasteiger partial charge on any atom is -0.363 e. The van der Waals surface area contributed by atoms with Gasteiger partial charge in [-0.15, -0.1) is 0 Å². The second-order valence-corrected chi connectivity index (χ2v) is 6.90. The summed E-state index contributed by atoms with van der Waals surface area (Å²) >= 11 is 0. The van der Waals surface area contributed by atoms with E-state index in [2.05, 4.69) is 35.0 Å². The molecule has 1 amide bonds. The molecule has 4 nitrogen and oxygen atoms in total. The summed E-state index contributed by atoms with van der Waals surface area (Å²) in [6, 6.07) is 4.19. The Bertz CT molecular complexity index is 602. The van der Waals surface area contributed by atoms with Gasteiger partial charge in [0.1, 0.15) is 6.17 Å². The Balaban J connectivity index is 1.74. The maximum Gasteiger partial charge on any atom is 0.234 e. The molecule has 2 heterocycles. The van der Waals surface area contributed by atoms with Crippen molar-refractivity contribution in [3.05, 3.63) is 17.7 Å². The molecule has 0 bridgehead atoms. The van der Waals surface area contributed by atoms with Crippen LogP contribution in [0.15, 0.2) is 12.1 Å². The first-order chi connectivity index (χ1) is 8.90.